The Morgan fingerprint density at radius 2 is 1.66 bits per heavy atom. The molecule has 0 saturated carbocycles. The Hall–Kier alpha value is -3.35. The molecule has 3 rings (SSSR count). The third-order valence-corrected chi connectivity index (χ3v) is 5.25. The molecule has 0 aliphatic carbocycles. The first-order valence-electron chi connectivity index (χ1n) is 10.8. The Balaban J connectivity index is 1.73. The van der Waals surface area contributed by atoms with E-state index in [0.717, 1.165) is 16.7 Å². The van der Waals surface area contributed by atoms with Crippen LogP contribution in [0.4, 0.5) is 10.5 Å². The summed E-state index contributed by atoms with van der Waals surface area (Å²) in [7, 11) is 0. The van der Waals surface area contributed by atoms with Gasteiger partial charge in [-0.15, -0.1) is 0 Å². The van der Waals surface area contributed by atoms with Crippen LogP contribution < -0.4 is 10.6 Å². The molecule has 2 aromatic rings. The summed E-state index contributed by atoms with van der Waals surface area (Å²) < 4.78 is 5.54. The number of fused-ring (bicyclic) bond motifs is 1. The second-order valence-electron chi connectivity index (χ2n) is 9.18. The van der Waals surface area contributed by atoms with Gasteiger partial charge < -0.3 is 15.4 Å². The van der Waals surface area contributed by atoms with E-state index in [0.29, 0.717) is 12.1 Å². The fourth-order valence-corrected chi connectivity index (χ4v) is 3.53. The zero-order valence-corrected chi connectivity index (χ0v) is 19.3. The lowest BCUT2D eigenvalue weighted by Crippen LogP contribution is -2.56. The Morgan fingerprint density at radius 1 is 1.03 bits per heavy atom. The summed E-state index contributed by atoms with van der Waals surface area (Å²) in [6.07, 6.45) is -0.197. The van der Waals surface area contributed by atoms with E-state index in [-0.39, 0.29) is 12.5 Å². The van der Waals surface area contributed by atoms with Gasteiger partial charge in [-0.2, -0.15) is 0 Å². The lowest BCUT2D eigenvalue weighted by Gasteiger charge is -2.37. The number of aryl methyl sites for hydroxylation is 1. The molecular weight excluding hydrogens is 406 g/mol. The number of benzene rings is 2. The summed E-state index contributed by atoms with van der Waals surface area (Å²) in [5.74, 6) is -0.723. The van der Waals surface area contributed by atoms with Crippen molar-refractivity contribution < 1.29 is 19.1 Å². The van der Waals surface area contributed by atoms with Crippen LogP contribution in [0.15, 0.2) is 48.5 Å². The van der Waals surface area contributed by atoms with E-state index in [1.807, 2.05) is 55.5 Å². The average Bonchev–Trinajstić information content (AvgIpc) is 2.73. The van der Waals surface area contributed by atoms with E-state index in [1.165, 1.54) is 4.90 Å². The molecule has 7 nitrogen and oxygen atoms in total. The van der Waals surface area contributed by atoms with Crippen molar-refractivity contribution in [2.75, 3.05) is 5.32 Å². The molecule has 0 bridgehead atoms. The lowest BCUT2D eigenvalue weighted by molar-refractivity contribution is -0.130. The van der Waals surface area contributed by atoms with Crippen molar-refractivity contribution in [3.05, 3.63) is 65.2 Å². The van der Waals surface area contributed by atoms with Crippen LogP contribution >= 0.6 is 0 Å². The predicted molar refractivity (Wildman–Crippen MR) is 123 cm³/mol. The molecule has 0 radical (unpaired) electrons. The van der Waals surface area contributed by atoms with Crippen molar-refractivity contribution in [1.29, 1.82) is 0 Å². The van der Waals surface area contributed by atoms with Gasteiger partial charge in [0.25, 0.3) is 0 Å². The molecule has 0 spiro atoms. The van der Waals surface area contributed by atoms with E-state index in [4.69, 9.17) is 4.74 Å². The van der Waals surface area contributed by atoms with Crippen LogP contribution in [0.1, 0.15) is 44.4 Å². The molecule has 0 saturated heterocycles. The Bertz CT molecular complexity index is 995. The average molecular weight is 438 g/mol. The van der Waals surface area contributed by atoms with Crippen molar-refractivity contribution in [3.63, 3.8) is 0 Å². The highest BCUT2D eigenvalue weighted by Gasteiger charge is 2.37. The second-order valence-corrected chi connectivity index (χ2v) is 9.18. The number of rotatable bonds is 4. The molecule has 2 aromatic carbocycles. The van der Waals surface area contributed by atoms with Gasteiger partial charge in [-0.3, -0.25) is 14.5 Å². The minimum Gasteiger partial charge on any atom is -0.444 e. The number of amides is 3. The first kappa shape index (κ1) is 23.3. The molecule has 2 atom stereocenters. The highest BCUT2D eigenvalue weighted by Crippen LogP contribution is 2.25. The first-order valence-corrected chi connectivity index (χ1v) is 10.8. The van der Waals surface area contributed by atoms with Gasteiger partial charge in [0.05, 0.1) is 6.54 Å². The smallest absolute Gasteiger partial charge is 0.411 e. The number of carbonyl (C=O) groups excluding carboxylic acids is 3. The summed E-state index contributed by atoms with van der Waals surface area (Å²) in [4.78, 5) is 40.1. The molecular formula is C25H31N3O4. The molecule has 7 heteroatoms. The maximum atomic E-state index is 13.2. The molecule has 1 heterocycles. The van der Waals surface area contributed by atoms with Gasteiger partial charge in [-0.25, -0.2) is 4.79 Å². The number of carbonyl (C=O) groups is 3. The van der Waals surface area contributed by atoms with Gasteiger partial charge in [0.2, 0.25) is 11.8 Å². The molecule has 0 fully saturated rings. The SMILES string of the molecule is Cc1ccc(NC(=O)[C@@H](C)NC(=O)[C@@H]2Cc3ccccc3CN2C(=O)OC(C)(C)C)cc1. The van der Waals surface area contributed by atoms with Gasteiger partial charge in [0, 0.05) is 12.1 Å². The summed E-state index contributed by atoms with van der Waals surface area (Å²) >= 11 is 0. The van der Waals surface area contributed by atoms with Gasteiger partial charge in [-0.1, -0.05) is 42.0 Å². The second kappa shape index (κ2) is 9.42. The quantitative estimate of drug-likeness (QED) is 0.762. The van der Waals surface area contributed by atoms with Crippen LogP contribution in [0.3, 0.4) is 0 Å². The third kappa shape index (κ3) is 5.87. The first-order chi connectivity index (χ1) is 15.0. The van der Waals surface area contributed by atoms with Crippen molar-refractivity contribution in [2.45, 2.75) is 65.3 Å². The van der Waals surface area contributed by atoms with E-state index in [1.54, 1.807) is 27.7 Å². The molecule has 3 amide bonds. The third-order valence-electron chi connectivity index (χ3n) is 5.25. The normalized spacial score (nSPS) is 16.5. The van der Waals surface area contributed by atoms with Crippen molar-refractivity contribution in [1.82, 2.24) is 10.2 Å². The van der Waals surface area contributed by atoms with Crippen LogP contribution in [0.5, 0.6) is 0 Å². The van der Waals surface area contributed by atoms with Crippen molar-refractivity contribution in [3.8, 4) is 0 Å². The Labute approximate surface area is 189 Å². The molecule has 0 unspecified atom stereocenters. The Morgan fingerprint density at radius 3 is 2.28 bits per heavy atom. The minimum atomic E-state index is -0.776. The number of hydrogen-bond donors (Lipinski definition) is 2. The summed E-state index contributed by atoms with van der Waals surface area (Å²) in [6.45, 7) is 9.22. The number of nitrogens with one attached hydrogen (secondary N) is 2. The molecule has 1 aliphatic rings. The lowest BCUT2D eigenvalue weighted by atomic mass is 9.93. The summed E-state index contributed by atoms with van der Waals surface area (Å²) in [5, 5.41) is 5.56. The number of anilines is 1. The number of hydrogen-bond acceptors (Lipinski definition) is 4. The summed E-state index contributed by atoms with van der Waals surface area (Å²) in [6, 6.07) is 13.6. The van der Waals surface area contributed by atoms with E-state index < -0.39 is 29.7 Å². The Kier molecular flexibility index (Phi) is 6.87. The van der Waals surface area contributed by atoms with E-state index >= 15 is 0 Å². The maximum absolute atomic E-state index is 13.2. The zero-order valence-electron chi connectivity index (χ0n) is 19.3. The van der Waals surface area contributed by atoms with Crippen LogP contribution in [-0.2, 0) is 27.3 Å². The zero-order chi connectivity index (χ0) is 23.5. The predicted octanol–water partition coefficient (Wildman–Crippen LogP) is 3.80. The van der Waals surface area contributed by atoms with Crippen molar-refractivity contribution >= 4 is 23.6 Å². The van der Waals surface area contributed by atoms with Crippen molar-refractivity contribution in [2.24, 2.45) is 0 Å². The highest BCUT2D eigenvalue weighted by molar-refractivity contribution is 5.98. The van der Waals surface area contributed by atoms with Gasteiger partial charge in [0.15, 0.2) is 0 Å². The minimum absolute atomic E-state index is 0.271. The van der Waals surface area contributed by atoms with E-state index in [9.17, 15) is 14.4 Å². The molecule has 2 N–H and O–H groups in total. The van der Waals surface area contributed by atoms with Crippen LogP contribution in [0.25, 0.3) is 0 Å². The maximum Gasteiger partial charge on any atom is 0.411 e. The fraction of sp³-hybridized carbons (Fsp3) is 0.400. The van der Waals surface area contributed by atoms with Crippen LogP contribution in [0.2, 0.25) is 0 Å². The van der Waals surface area contributed by atoms with Crippen LogP contribution in [-0.4, -0.2) is 40.5 Å². The van der Waals surface area contributed by atoms with Gasteiger partial charge >= 0.3 is 6.09 Å². The monoisotopic (exact) mass is 437 g/mol. The molecule has 170 valence electrons. The van der Waals surface area contributed by atoms with Crippen LogP contribution in [0, 0.1) is 6.92 Å². The topological polar surface area (TPSA) is 87.7 Å². The summed E-state index contributed by atoms with van der Waals surface area (Å²) in [5.41, 5.74) is 3.04. The van der Waals surface area contributed by atoms with Gasteiger partial charge in [0.1, 0.15) is 17.7 Å². The largest absolute Gasteiger partial charge is 0.444 e. The fourth-order valence-electron chi connectivity index (χ4n) is 3.53. The highest BCUT2D eigenvalue weighted by atomic mass is 16.6. The van der Waals surface area contributed by atoms with Gasteiger partial charge in [-0.05, 0) is 57.9 Å². The standard InChI is InChI=1S/C25H31N3O4/c1-16-10-12-20(13-11-16)27-22(29)17(2)26-23(30)21-14-18-8-6-7-9-19(18)15-28(21)24(31)32-25(3,4)5/h6-13,17,21H,14-15H2,1-5H3,(H,26,30)(H,27,29)/t17-,21+/m1/s1. The van der Waals surface area contributed by atoms with E-state index in [2.05, 4.69) is 10.6 Å². The number of ether oxygens (including phenoxy) is 1. The molecule has 0 aromatic heterocycles. The number of nitrogens with zero attached hydrogens (tertiary/aromatic N) is 1. The molecule has 32 heavy (non-hydrogen) atoms. The molecule has 1 aliphatic heterocycles.